The predicted octanol–water partition coefficient (Wildman–Crippen LogP) is 0.718. The average molecular weight is 197 g/mol. The molecule has 4 nitrogen and oxygen atoms in total. The fraction of sp³-hybridized carbons (Fsp3) is 0.900. The first kappa shape index (κ1) is 9.77. The van der Waals surface area contributed by atoms with Crippen molar-refractivity contribution in [3.8, 4) is 0 Å². The van der Waals surface area contributed by atoms with Crippen LogP contribution in [-0.2, 0) is 0 Å². The number of carbonyl (C=O) groups is 1. The molecule has 2 saturated carbocycles. The number of hydrogen-bond acceptors (Lipinski definition) is 2. The van der Waals surface area contributed by atoms with Crippen LogP contribution in [0.4, 0.5) is 4.79 Å². The topological polar surface area (TPSA) is 67.1 Å². The Bertz CT molecular complexity index is 215. The molecule has 4 N–H and O–H groups in total. The molecule has 14 heavy (non-hydrogen) atoms. The van der Waals surface area contributed by atoms with Crippen LogP contribution in [-0.4, -0.2) is 24.2 Å². The van der Waals surface area contributed by atoms with Crippen LogP contribution in [0.3, 0.4) is 0 Å². The molecule has 0 aromatic carbocycles. The Balaban J connectivity index is 1.73. The Kier molecular flexibility index (Phi) is 2.91. The largest absolute Gasteiger partial charge is 0.335 e. The van der Waals surface area contributed by atoms with E-state index < -0.39 is 0 Å². The SMILES string of the molecule is N[C@@H]1CCCC[C@H]1NC(=O)NC1CC1. The van der Waals surface area contributed by atoms with E-state index in [2.05, 4.69) is 10.6 Å². The maximum Gasteiger partial charge on any atom is 0.315 e. The number of amides is 2. The summed E-state index contributed by atoms with van der Waals surface area (Å²) < 4.78 is 0. The molecule has 0 heterocycles. The summed E-state index contributed by atoms with van der Waals surface area (Å²) in [6, 6.07) is 0.723. The fourth-order valence-corrected chi connectivity index (χ4v) is 1.96. The summed E-state index contributed by atoms with van der Waals surface area (Å²) >= 11 is 0. The Hall–Kier alpha value is -0.770. The van der Waals surface area contributed by atoms with Gasteiger partial charge in [-0.15, -0.1) is 0 Å². The Morgan fingerprint density at radius 1 is 1.07 bits per heavy atom. The first-order valence-electron chi connectivity index (χ1n) is 5.58. The van der Waals surface area contributed by atoms with Gasteiger partial charge in [-0.25, -0.2) is 4.79 Å². The van der Waals surface area contributed by atoms with Gasteiger partial charge in [0.1, 0.15) is 0 Å². The minimum absolute atomic E-state index is 0.0325. The lowest BCUT2D eigenvalue weighted by molar-refractivity contribution is 0.228. The lowest BCUT2D eigenvalue weighted by Gasteiger charge is -2.29. The maximum atomic E-state index is 11.4. The third-order valence-electron chi connectivity index (χ3n) is 3.05. The molecule has 0 saturated heterocycles. The van der Waals surface area contributed by atoms with Crippen molar-refractivity contribution in [2.45, 2.75) is 56.7 Å². The highest BCUT2D eigenvalue weighted by Crippen LogP contribution is 2.19. The summed E-state index contributed by atoms with van der Waals surface area (Å²) in [5.41, 5.74) is 5.93. The van der Waals surface area contributed by atoms with E-state index in [1.54, 1.807) is 0 Å². The van der Waals surface area contributed by atoms with Crippen LogP contribution in [0.1, 0.15) is 38.5 Å². The molecule has 0 aromatic rings. The molecule has 0 aliphatic heterocycles. The standard InChI is InChI=1S/C10H19N3O/c11-8-3-1-2-4-9(8)13-10(14)12-7-5-6-7/h7-9H,1-6,11H2,(H2,12,13,14)/t8-,9-/m1/s1. The number of nitrogens with one attached hydrogen (secondary N) is 2. The van der Waals surface area contributed by atoms with Gasteiger partial charge in [-0.1, -0.05) is 12.8 Å². The van der Waals surface area contributed by atoms with Gasteiger partial charge in [0.2, 0.25) is 0 Å². The molecule has 0 spiro atoms. The Morgan fingerprint density at radius 3 is 2.43 bits per heavy atom. The summed E-state index contributed by atoms with van der Waals surface area (Å²) in [7, 11) is 0. The summed E-state index contributed by atoms with van der Waals surface area (Å²) in [4.78, 5) is 11.4. The molecule has 0 unspecified atom stereocenters. The van der Waals surface area contributed by atoms with E-state index in [9.17, 15) is 4.79 Å². The highest BCUT2D eigenvalue weighted by Gasteiger charge is 2.27. The van der Waals surface area contributed by atoms with Crippen LogP contribution in [0.15, 0.2) is 0 Å². The van der Waals surface area contributed by atoms with Crippen molar-refractivity contribution in [1.82, 2.24) is 10.6 Å². The van der Waals surface area contributed by atoms with Crippen molar-refractivity contribution >= 4 is 6.03 Å². The van der Waals surface area contributed by atoms with E-state index in [1.807, 2.05) is 0 Å². The zero-order valence-corrected chi connectivity index (χ0v) is 8.46. The monoisotopic (exact) mass is 197 g/mol. The summed E-state index contributed by atoms with van der Waals surface area (Å²) in [6.45, 7) is 0. The quantitative estimate of drug-likeness (QED) is 0.610. The number of nitrogens with two attached hydrogens (primary N) is 1. The van der Waals surface area contributed by atoms with Gasteiger partial charge < -0.3 is 16.4 Å². The maximum absolute atomic E-state index is 11.4. The van der Waals surface area contributed by atoms with Crippen molar-refractivity contribution in [3.63, 3.8) is 0 Å². The minimum Gasteiger partial charge on any atom is -0.335 e. The number of hydrogen-bond donors (Lipinski definition) is 3. The van der Waals surface area contributed by atoms with Crippen molar-refractivity contribution in [1.29, 1.82) is 0 Å². The highest BCUT2D eigenvalue weighted by atomic mass is 16.2. The second-order valence-electron chi connectivity index (χ2n) is 4.45. The third kappa shape index (κ3) is 2.61. The van der Waals surface area contributed by atoms with Crippen LogP contribution in [0, 0.1) is 0 Å². The Labute approximate surface area is 84.6 Å². The van der Waals surface area contributed by atoms with Crippen molar-refractivity contribution in [3.05, 3.63) is 0 Å². The van der Waals surface area contributed by atoms with Crippen molar-refractivity contribution < 1.29 is 4.79 Å². The van der Waals surface area contributed by atoms with Gasteiger partial charge in [-0.2, -0.15) is 0 Å². The molecule has 2 aliphatic rings. The second-order valence-corrected chi connectivity index (χ2v) is 4.45. The number of rotatable bonds is 2. The van der Waals surface area contributed by atoms with Gasteiger partial charge in [-0.3, -0.25) is 0 Å². The van der Waals surface area contributed by atoms with Gasteiger partial charge in [0, 0.05) is 18.1 Å². The summed E-state index contributed by atoms with van der Waals surface area (Å²) in [5.74, 6) is 0. The molecule has 2 fully saturated rings. The predicted molar refractivity (Wildman–Crippen MR) is 54.9 cm³/mol. The number of urea groups is 1. The first-order valence-corrected chi connectivity index (χ1v) is 5.58. The van der Waals surface area contributed by atoms with Crippen molar-refractivity contribution in [2.75, 3.05) is 0 Å². The highest BCUT2D eigenvalue weighted by molar-refractivity contribution is 5.75. The molecule has 2 aliphatic carbocycles. The van der Waals surface area contributed by atoms with E-state index in [0.717, 1.165) is 25.7 Å². The normalized spacial score (nSPS) is 32.4. The van der Waals surface area contributed by atoms with Gasteiger partial charge in [0.05, 0.1) is 0 Å². The average Bonchev–Trinajstić information content (AvgIpc) is 2.93. The van der Waals surface area contributed by atoms with Crippen LogP contribution >= 0.6 is 0 Å². The van der Waals surface area contributed by atoms with E-state index in [4.69, 9.17) is 5.73 Å². The van der Waals surface area contributed by atoms with E-state index in [1.165, 1.54) is 12.8 Å². The van der Waals surface area contributed by atoms with Gasteiger partial charge in [0.25, 0.3) is 0 Å². The summed E-state index contributed by atoms with van der Waals surface area (Å²) in [6.07, 6.45) is 6.70. The molecule has 0 bridgehead atoms. The molecular formula is C10H19N3O. The second kappa shape index (κ2) is 4.17. The fourth-order valence-electron chi connectivity index (χ4n) is 1.96. The van der Waals surface area contributed by atoms with Crippen LogP contribution in [0.25, 0.3) is 0 Å². The van der Waals surface area contributed by atoms with Crippen LogP contribution in [0.2, 0.25) is 0 Å². The zero-order chi connectivity index (χ0) is 9.97. The third-order valence-corrected chi connectivity index (χ3v) is 3.05. The van der Waals surface area contributed by atoms with E-state index in [0.29, 0.717) is 6.04 Å². The molecule has 2 atom stereocenters. The van der Waals surface area contributed by atoms with Crippen LogP contribution in [0.5, 0.6) is 0 Å². The molecule has 2 rings (SSSR count). The van der Waals surface area contributed by atoms with E-state index in [-0.39, 0.29) is 18.1 Å². The van der Waals surface area contributed by atoms with Gasteiger partial charge >= 0.3 is 6.03 Å². The Morgan fingerprint density at radius 2 is 1.79 bits per heavy atom. The summed E-state index contributed by atoms with van der Waals surface area (Å²) in [5, 5.41) is 5.88. The lowest BCUT2D eigenvalue weighted by Crippen LogP contribution is -2.52. The van der Waals surface area contributed by atoms with Gasteiger partial charge in [0.15, 0.2) is 0 Å². The van der Waals surface area contributed by atoms with Crippen molar-refractivity contribution in [2.24, 2.45) is 5.73 Å². The first-order chi connectivity index (χ1) is 6.75. The molecular weight excluding hydrogens is 178 g/mol. The molecule has 2 amide bonds. The molecule has 0 aromatic heterocycles. The van der Waals surface area contributed by atoms with E-state index >= 15 is 0 Å². The molecule has 80 valence electrons. The molecule has 0 radical (unpaired) electrons. The zero-order valence-electron chi connectivity index (χ0n) is 8.46. The molecule has 4 heteroatoms. The lowest BCUT2D eigenvalue weighted by atomic mass is 9.91. The van der Waals surface area contributed by atoms with Gasteiger partial charge in [-0.05, 0) is 25.7 Å². The minimum atomic E-state index is -0.0325. The number of carbonyl (C=O) groups excluding carboxylic acids is 1. The van der Waals surface area contributed by atoms with Crippen LogP contribution < -0.4 is 16.4 Å². The smallest absolute Gasteiger partial charge is 0.315 e.